The van der Waals surface area contributed by atoms with Gasteiger partial charge in [-0.2, -0.15) is 0 Å². The fraction of sp³-hybridized carbons (Fsp3) is 0.636. The molecule has 1 rings (SSSR count). The predicted octanol–water partition coefficient (Wildman–Crippen LogP) is -0.567. The van der Waals surface area contributed by atoms with Crippen molar-refractivity contribution in [1.82, 2.24) is 9.80 Å². The number of nitrogens with zero attached hydrogens (tertiary/aromatic N) is 2. The highest BCUT2D eigenvalue weighted by Gasteiger charge is 2.44. The first-order valence-electron chi connectivity index (χ1n) is 5.88. The molecule has 8 heteroatoms. The number of amides is 2. The highest BCUT2D eigenvalue weighted by atomic mass is 16.6. The lowest BCUT2D eigenvalue weighted by atomic mass is 10.4. The molecule has 0 saturated carbocycles. The molecule has 0 bridgehead atoms. The van der Waals surface area contributed by atoms with Crippen molar-refractivity contribution >= 4 is 24.8 Å². The van der Waals surface area contributed by atoms with E-state index in [0.717, 1.165) is 9.80 Å². The van der Waals surface area contributed by atoms with E-state index in [-0.39, 0.29) is 19.5 Å². The number of esters is 2. The van der Waals surface area contributed by atoms with Crippen molar-refractivity contribution in [3.63, 3.8) is 0 Å². The Balaban J connectivity index is 2.88. The van der Waals surface area contributed by atoms with Gasteiger partial charge in [-0.3, -0.25) is 29.0 Å². The number of carbonyl (C=O) groups is 4. The summed E-state index contributed by atoms with van der Waals surface area (Å²) in [5.74, 6) is -1.11. The molecule has 19 heavy (non-hydrogen) atoms. The molecule has 8 nitrogen and oxygen atoms in total. The van der Waals surface area contributed by atoms with Crippen molar-refractivity contribution in [1.29, 1.82) is 0 Å². The molecule has 106 valence electrons. The van der Waals surface area contributed by atoms with Crippen molar-refractivity contribution in [2.75, 3.05) is 6.67 Å². The van der Waals surface area contributed by atoms with Crippen molar-refractivity contribution in [3.8, 4) is 0 Å². The lowest BCUT2D eigenvalue weighted by Gasteiger charge is -2.24. The van der Waals surface area contributed by atoms with E-state index in [9.17, 15) is 19.2 Å². The van der Waals surface area contributed by atoms with Gasteiger partial charge < -0.3 is 9.47 Å². The fourth-order valence-electron chi connectivity index (χ4n) is 1.55. The minimum atomic E-state index is -1.11. The molecule has 0 aromatic rings. The van der Waals surface area contributed by atoms with Crippen LogP contribution in [0.5, 0.6) is 0 Å². The molecule has 1 heterocycles. The van der Waals surface area contributed by atoms with Crippen LogP contribution in [0.25, 0.3) is 0 Å². The summed E-state index contributed by atoms with van der Waals surface area (Å²) in [6.07, 6.45) is -1.12. The topological polar surface area (TPSA) is 93.2 Å². The Labute approximate surface area is 110 Å². The third-order valence-electron chi connectivity index (χ3n) is 2.58. The molecule has 1 saturated heterocycles. The van der Waals surface area contributed by atoms with Crippen LogP contribution in [0.2, 0.25) is 0 Å². The first-order valence-corrected chi connectivity index (χ1v) is 5.88. The number of rotatable bonds is 6. The van der Waals surface area contributed by atoms with E-state index in [0.29, 0.717) is 12.8 Å². The summed E-state index contributed by atoms with van der Waals surface area (Å²) in [7, 11) is 0. The number of carbonyl (C=O) groups excluding carboxylic acids is 4. The van der Waals surface area contributed by atoms with Gasteiger partial charge in [0.05, 0.1) is 0 Å². The van der Waals surface area contributed by atoms with Gasteiger partial charge in [0.15, 0.2) is 0 Å². The average molecular weight is 272 g/mol. The minimum Gasteiger partial charge on any atom is -0.435 e. The van der Waals surface area contributed by atoms with Gasteiger partial charge in [-0.05, 0) is 0 Å². The zero-order valence-corrected chi connectivity index (χ0v) is 10.8. The van der Waals surface area contributed by atoms with Gasteiger partial charge in [-0.25, -0.2) is 0 Å². The predicted molar refractivity (Wildman–Crippen MR) is 61.0 cm³/mol. The zero-order valence-electron chi connectivity index (χ0n) is 10.8. The van der Waals surface area contributed by atoms with E-state index in [1.165, 1.54) is 0 Å². The van der Waals surface area contributed by atoms with E-state index in [1.807, 2.05) is 0 Å². The molecule has 0 aromatic heterocycles. The van der Waals surface area contributed by atoms with E-state index < -0.39 is 24.4 Å². The molecular formula is C11H16N2O6. The summed E-state index contributed by atoms with van der Waals surface area (Å²) < 4.78 is 10.1. The van der Waals surface area contributed by atoms with Gasteiger partial charge in [-0.15, -0.1) is 0 Å². The van der Waals surface area contributed by atoms with Crippen LogP contribution in [-0.4, -0.2) is 53.7 Å². The molecule has 1 aliphatic rings. The van der Waals surface area contributed by atoms with Crippen LogP contribution in [0, 0.1) is 0 Å². The molecule has 2 unspecified atom stereocenters. The van der Waals surface area contributed by atoms with E-state index >= 15 is 0 Å². The van der Waals surface area contributed by atoms with Crippen LogP contribution < -0.4 is 0 Å². The SMILES string of the molecule is CCC(=O)OC1C(OC(=O)CC)N(C=O)CN1C=O. The van der Waals surface area contributed by atoms with Crippen LogP contribution in [0.1, 0.15) is 26.7 Å². The van der Waals surface area contributed by atoms with Crippen LogP contribution >= 0.6 is 0 Å². The highest BCUT2D eigenvalue weighted by molar-refractivity contribution is 5.71. The van der Waals surface area contributed by atoms with Crippen LogP contribution in [0.4, 0.5) is 0 Å². The summed E-state index contributed by atoms with van der Waals surface area (Å²) in [6.45, 7) is 3.08. The lowest BCUT2D eigenvalue weighted by Crippen LogP contribution is -2.43. The Morgan fingerprint density at radius 3 is 1.63 bits per heavy atom. The normalized spacial score (nSPS) is 22.0. The van der Waals surface area contributed by atoms with Gasteiger partial charge in [0.2, 0.25) is 25.3 Å². The number of hydrogen-bond donors (Lipinski definition) is 0. The monoisotopic (exact) mass is 272 g/mol. The van der Waals surface area contributed by atoms with E-state index in [1.54, 1.807) is 13.8 Å². The Morgan fingerprint density at radius 2 is 1.37 bits per heavy atom. The zero-order chi connectivity index (χ0) is 14.4. The molecule has 0 spiro atoms. The second-order valence-electron chi connectivity index (χ2n) is 3.85. The summed E-state index contributed by atoms with van der Waals surface area (Å²) >= 11 is 0. The molecule has 2 amide bonds. The summed E-state index contributed by atoms with van der Waals surface area (Å²) in [5.41, 5.74) is 0. The third-order valence-corrected chi connectivity index (χ3v) is 2.58. The molecule has 0 aliphatic carbocycles. The average Bonchev–Trinajstić information content (AvgIpc) is 2.75. The second-order valence-corrected chi connectivity index (χ2v) is 3.85. The van der Waals surface area contributed by atoms with Crippen LogP contribution in [-0.2, 0) is 28.7 Å². The summed E-state index contributed by atoms with van der Waals surface area (Å²) in [5, 5.41) is 0. The van der Waals surface area contributed by atoms with Crippen LogP contribution in [0.15, 0.2) is 0 Å². The molecule has 0 N–H and O–H groups in total. The highest BCUT2D eigenvalue weighted by Crippen LogP contribution is 2.21. The Kier molecular flexibility index (Phi) is 5.28. The van der Waals surface area contributed by atoms with Gasteiger partial charge >= 0.3 is 11.9 Å². The van der Waals surface area contributed by atoms with Crippen molar-refractivity contribution < 1.29 is 28.7 Å². The minimum absolute atomic E-state index is 0.101. The number of hydrogen-bond acceptors (Lipinski definition) is 6. The van der Waals surface area contributed by atoms with Gasteiger partial charge in [0.25, 0.3) is 0 Å². The lowest BCUT2D eigenvalue weighted by molar-refractivity contribution is -0.183. The van der Waals surface area contributed by atoms with Crippen molar-refractivity contribution in [2.45, 2.75) is 39.1 Å². The third kappa shape index (κ3) is 3.43. The quantitative estimate of drug-likeness (QED) is 0.475. The fourth-order valence-corrected chi connectivity index (χ4v) is 1.55. The molecule has 0 aromatic carbocycles. The van der Waals surface area contributed by atoms with Gasteiger partial charge in [0.1, 0.15) is 6.67 Å². The maximum absolute atomic E-state index is 11.3. The van der Waals surface area contributed by atoms with Crippen LogP contribution in [0.3, 0.4) is 0 Å². The van der Waals surface area contributed by atoms with Gasteiger partial charge in [0, 0.05) is 12.8 Å². The van der Waals surface area contributed by atoms with Crippen molar-refractivity contribution in [3.05, 3.63) is 0 Å². The molecule has 0 radical (unpaired) electrons. The van der Waals surface area contributed by atoms with Crippen molar-refractivity contribution in [2.24, 2.45) is 0 Å². The van der Waals surface area contributed by atoms with E-state index in [4.69, 9.17) is 9.47 Å². The molecule has 2 atom stereocenters. The molecule has 1 fully saturated rings. The Hall–Kier alpha value is -2.12. The summed E-state index contributed by atoms with van der Waals surface area (Å²) in [6, 6.07) is 0. The smallest absolute Gasteiger partial charge is 0.307 e. The summed E-state index contributed by atoms with van der Waals surface area (Å²) in [4.78, 5) is 46.6. The first kappa shape index (κ1) is 14.9. The Bertz CT molecular complexity index is 338. The Morgan fingerprint density at radius 1 is 1.00 bits per heavy atom. The maximum Gasteiger partial charge on any atom is 0.307 e. The second kappa shape index (κ2) is 6.72. The first-order chi connectivity index (χ1) is 9.07. The largest absolute Gasteiger partial charge is 0.435 e. The molecule has 1 aliphatic heterocycles. The maximum atomic E-state index is 11.3. The standard InChI is InChI=1S/C11H16N2O6/c1-3-8(16)18-10-11(19-9(17)4-2)13(7-15)5-12(10)6-14/h6-7,10-11H,3-5H2,1-2H3. The van der Waals surface area contributed by atoms with Gasteiger partial charge in [-0.1, -0.05) is 13.8 Å². The molecular weight excluding hydrogens is 256 g/mol. The van der Waals surface area contributed by atoms with E-state index in [2.05, 4.69) is 0 Å². The number of ether oxygens (including phenoxy) is 2.